The topological polar surface area (TPSA) is 130 Å². The molecule has 0 bridgehead atoms. The Morgan fingerprint density at radius 1 is 1.02 bits per heavy atom. The molecule has 5 aromatic rings. The normalized spacial score (nSPS) is 18.0. The van der Waals surface area contributed by atoms with Crippen LogP contribution in [0.1, 0.15) is 23.2 Å². The Morgan fingerprint density at radius 2 is 1.88 bits per heavy atom. The van der Waals surface area contributed by atoms with Gasteiger partial charge in [-0.15, -0.1) is 0 Å². The van der Waals surface area contributed by atoms with Crippen LogP contribution in [0.4, 0.5) is 20.3 Å². The maximum Gasteiger partial charge on any atom is 0.284 e. The van der Waals surface area contributed by atoms with E-state index in [2.05, 4.69) is 35.8 Å². The average Bonchev–Trinajstić information content (AvgIpc) is 3.66. The number of fused-ring (bicyclic) bond motifs is 2. The standard InChI is InChI=1S/C30H26F2N8O3/c31-18-1-4-20(5-2-18)40-30(42)21(8-13-35-40)29(41)36-19-3-6-24(22(32)15-19)43-25-9-12-34-27-26(25)28(38-37-27)39-14-10-17-7-11-33-23(17)16-39/h1-6,8-9,12-13,15,17,23,33H,7,10-11,14,16H2,(H,36,41)(H,34,37,38). The Hall–Kier alpha value is -5.17. The zero-order chi connectivity index (χ0) is 29.5. The molecular formula is C30H26F2N8O3. The third-order valence-corrected chi connectivity index (χ3v) is 7.95. The van der Waals surface area contributed by atoms with Crippen LogP contribution in [0, 0.1) is 17.6 Å². The van der Waals surface area contributed by atoms with Crippen molar-refractivity contribution >= 4 is 28.4 Å². The number of H-pyrrole nitrogens is 1. The molecule has 218 valence electrons. The molecule has 13 heteroatoms. The lowest BCUT2D eigenvalue weighted by Crippen LogP contribution is -2.46. The van der Waals surface area contributed by atoms with E-state index >= 15 is 4.39 Å². The average molecular weight is 585 g/mol. The Balaban J connectivity index is 1.11. The van der Waals surface area contributed by atoms with Gasteiger partial charge >= 0.3 is 0 Å². The fourth-order valence-electron chi connectivity index (χ4n) is 5.77. The highest BCUT2D eigenvalue weighted by Crippen LogP contribution is 2.38. The number of halogens is 2. The van der Waals surface area contributed by atoms with Crippen molar-refractivity contribution in [3.05, 3.63) is 94.5 Å². The van der Waals surface area contributed by atoms with Crippen molar-refractivity contribution < 1.29 is 18.3 Å². The monoisotopic (exact) mass is 584 g/mol. The number of nitrogens with one attached hydrogen (secondary N) is 3. The lowest BCUT2D eigenvalue weighted by Gasteiger charge is -2.35. The number of hydrogen-bond acceptors (Lipinski definition) is 8. The molecule has 11 nitrogen and oxygen atoms in total. The molecule has 2 aliphatic rings. The molecule has 0 saturated carbocycles. The summed E-state index contributed by atoms with van der Waals surface area (Å²) < 4.78 is 35.6. The number of pyridine rings is 1. The van der Waals surface area contributed by atoms with Gasteiger partial charge in [0.1, 0.15) is 22.5 Å². The summed E-state index contributed by atoms with van der Waals surface area (Å²) in [6.07, 6.45) is 5.08. The van der Waals surface area contributed by atoms with Crippen LogP contribution in [0.25, 0.3) is 16.7 Å². The summed E-state index contributed by atoms with van der Waals surface area (Å²) in [5.41, 5.74) is 0.0116. The summed E-state index contributed by atoms with van der Waals surface area (Å²) in [7, 11) is 0. The van der Waals surface area contributed by atoms with E-state index in [9.17, 15) is 14.0 Å². The minimum atomic E-state index is -0.754. The molecule has 7 rings (SSSR count). The third kappa shape index (κ3) is 5.07. The van der Waals surface area contributed by atoms with E-state index in [0.29, 0.717) is 40.2 Å². The summed E-state index contributed by atoms with van der Waals surface area (Å²) in [4.78, 5) is 32.4. The van der Waals surface area contributed by atoms with Gasteiger partial charge in [-0.05, 0) is 67.8 Å². The zero-order valence-corrected chi connectivity index (χ0v) is 22.8. The highest BCUT2D eigenvalue weighted by atomic mass is 19.1. The maximum absolute atomic E-state index is 15.3. The predicted octanol–water partition coefficient (Wildman–Crippen LogP) is 4.01. The summed E-state index contributed by atoms with van der Waals surface area (Å²) in [5.74, 6) is -0.241. The number of benzene rings is 2. The van der Waals surface area contributed by atoms with Gasteiger partial charge in [0, 0.05) is 49.3 Å². The molecule has 2 saturated heterocycles. The Bertz CT molecular complexity index is 1890. The molecule has 1 amide bonds. The molecule has 0 radical (unpaired) electrons. The predicted molar refractivity (Wildman–Crippen MR) is 155 cm³/mol. The van der Waals surface area contributed by atoms with Crippen LogP contribution < -0.4 is 25.8 Å². The molecule has 2 fully saturated rings. The van der Waals surface area contributed by atoms with E-state index in [-0.39, 0.29) is 17.0 Å². The molecule has 0 spiro atoms. The number of nitrogens with zero attached hydrogens (tertiary/aromatic N) is 5. The number of piperidine rings is 1. The fourth-order valence-corrected chi connectivity index (χ4v) is 5.77. The molecule has 2 atom stereocenters. The van der Waals surface area contributed by atoms with Crippen LogP contribution in [-0.4, -0.2) is 56.5 Å². The van der Waals surface area contributed by atoms with Gasteiger partial charge in [0.05, 0.1) is 5.69 Å². The van der Waals surface area contributed by atoms with E-state index < -0.39 is 23.1 Å². The van der Waals surface area contributed by atoms with Crippen LogP contribution in [-0.2, 0) is 0 Å². The minimum Gasteiger partial charge on any atom is -0.453 e. The summed E-state index contributed by atoms with van der Waals surface area (Å²) in [5, 5.41) is 18.2. The van der Waals surface area contributed by atoms with Gasteiger partial charge in [-0.1, -0.05) is 0 Å². The van der Waals surface area contributed by atoms with Crippen LogP contribution in [0.5, 0.6) is 11.5 Å². The largest absolute Gasteiger partial charge is 0.453 e. The molecule has 2 aliphatic heterocycles. The molecule has 3 aromatic heterocycles. The molecule has 43 heavy (non-hydrogen) atoms. The highest BCUT2D eigenvalue weighted by molar-refractivity contribution is 6.04. The maximum atomic E-state index is 15.3. The van der Waals surface area contributed by atoms with Crippen molar-refractivity contribution in [2.24, 2.45) is 5.92 Å². The second-order valence-corrected chi connectivity index (χ2v) is 10.6. The SMILES string of the molecule is O=C(Nc1ccc(Oc2ccnc3[nH]nc(N4CCC5CCNC5C4)c23)c(F)c1)c1ccnn(-c2ccc(F)cc2)c1=O. The van der Waals surface area contributed by atoms with E-state index in [4.69, 9.17) is 4.74 Å². The van der Waals surface area contributed by atoms with Gasteiger partial charge in [0.2, 0.25) is 0 Å². The van der Waals surface area contributed by atoms with Crippen LogP contribution >= 0.6 is 0 Å². The number of amides is 1. The number of rotatable bonds is 6. The first-order chi connectivity index (χ1) is 20.9. The van der Waals surface area contributed by atoms with Crippen molar-refractivity contribution in [2.45, 2.75) is 18.9 Å². The first kappa shape index (κ1) is 26.7. The van der Waals surface area contributed by atoms with Gasteiger partial charge in [-0.25, -0.2) is 13.8 Å². The van der Waals surface area contributed by atoms with Crippen molar-refractivity contribution in [3.8, 4) is 17.2 Å². The van der Waals surface area contributed by atoms with Gasteiger partial charge in [-0.2, -0.15) is 14.9 Å². The third-order valence-electron chi connectivity index (χ3n) is 7.95. The van der Waals surface area contributed by atoms with E-state index in [1.54, 1.807) is 12.3 Å². The second kappa shape index (κ2) is 10.9. The molecular weight excluding hydrogens is 558 g/mol. The number of ether oxygens (including phenoxy) is 1. The quantitative estimate of drug-likeness (QED) is 0.273. The van der Waals surface area contributed by atoms with Crippen molar-refractivity contribution in [1.82, 2.24) is 30.3 Å². The number of aromatic amines is 1. The van der Waals surface area contributed by atoms with Gasteiger partial charge in [0.15, 0.2) is 23.0 Å². The molecule has 5 heterocycles. The minimum absolute atomic E-state index is 0.0589. The number of carbonyl (C=O) groups excluding carboxylic acids is 1. The van der Waals surface area contributed by atoms with E-state index in [1.165, 1.54) is 55.1 Å². The number of aromatic nitrogens is 5. The van der Waals surface area contributed by atoms with E-state index in [0.717, 1.165) is 36.8 Å². The molecule has 0 aliphatic carbocycles. The molecule has 3 N–H and O–H groups in total. The highest BCUT2D eigenvalue weighted by Gasteiger charge is 2.34. The number of carbonyl (C=O) groups is 1. The summed E-state index contributed by atoms with van der Waals surface area (Å²) in [6, 6.07) is 12.4. The van der Waals surface area contributed by atoms with Gasteiger partial charge in [0.25, 0.3) is 11.5 Å². The molecule has 2 aromatic carbocycles. The summed E-state index contributed by atoms with van der Waals surface area (Å²) >= 11 is 0. The smallest absolute Gasteiger partial charge is 0.284 e. The molecule has 2 unspecified atom stereocenters. The zero-order valence-electron chi connectivity index (χ0n) is 22.8. The van der Waals surface area contributed by atoms with Gasteiger partial charge < -0.3 is 20.3 Å². The van der Waals surface area contributed by atoms with Crippen LogP contribution in [0.2, 0.25) is 0 Å². The van der Waals surface area contributed by atoms with Gasteiger partial charge in [-0.3, -0.25) is 14.7 Å². The van der Waals surface area contributed by atoms with Crippen LogP contribution in [0.3, 0.4) is 0 Å². The second-order valence-electron chi connectivity index (χ2n) is 10.6. The summed E-state index contributed by atoms with van der Waals surface area (Å²) in [6.45, 7) is 2.69. The Morgan fingerprint density at radius 3 is 2.72 bits per heavy atom. The number of hydrogen-bond donors (Lipinski definition) is 3. The lowest BCUT2D eigenvalue weighted by molar-refractivity contribution is 0.102. The fraction of sp³-hybridized carbons (Fsp3) is 0.233. The van der Waals surface area contributed by atoms with Crippen LogP contribution in [0.15, 0.2) is 71.8 Å². The lowest BCUT2D eigenvalue weighted by atomic mass is 9.92. The first-order valence-electron chi connectivity index (χ1n) is 13.9. The Kier molecular flexibility index (Phi) is 6.78. The van der Waals surface area contributed by atoms with Crippen molar-refractivity contribution in [2.75, 3.05) is 29.9 Å². The van der Waals surface area contributed by atoms with Crippen molar-refractivity contribution in [3.63, 3.8) is 0 Å². The first-order valence-corrected chi connectivity index (χ1v) is 13.9. The Labute approximate surface area is 243 Å². The van der Waals surface area contributed by atoms with E-state index in [1.807, 2.05) is 0 Å². The number of anilines is 2. The van der Waals surface area contributed by atoms with Crippen molar-refractivity contribution in [1.29, 1.82) is 0 Å².